The molecule has 1 heterocycles. The number of hydrogen-bond acceptors (Lipinski definition) is 2. The van der Waals surface area contributed by atoms with Gasteiger partial charge < -0.3 is 5.32 Å². The third kappa shape index (κ3) is 5.46. The molecule has 1 aliphatic rings. The van der Waals surface area contributed by atoms with Gasteiger partial charge in [-0.1, -0.05) is 65.2 Å². The minimum absolute atomic E-state index is 0.648. The summed E-state index contributed by atoms with van der Waals surface area (Å²) in [5, 5.41) is 4.97. The predicted octanol–water partition coefficient (Wildman–Crippen LogP) is 5.30. The number of rotatable bonds is 6. The fourth-order valence-corrected chi connectivity index (χ4v) is 3.88. The molecule has 1 N–H and O–H groups in total. The van der Waals surface area contributed by atoms with Crippen LogP contribution in [0.5, 0.6) is 0 Å². The van der Waals surface area contributed by atoms with Crippen LogP contribution >= 0.6 is 23.2 Å². The third-order valence-corrected chi connectivity index (χ3v) is 5.84. The molecule has 0 radical (unpaired) electrons. The molecule has 0 saturated carbocycles. The van der Waals surface area contributed by atoms with E-state index in [1.54, 1.807) is 0 Å². The molecule has 0 bridgehead atoms. The molecular formula is C21H26Cl2N2. The van der Waals surface area contributed by atoms with Crippen LogP contribution in [0.25, 0.3) is 0 Å². The van der Waals surface area contributed by atoms with Gasteiger partial charge in [-0.2, -0.15) is 0 Å². The highest BCUT2D eigenvalue weighted by atomic mass is 35.5. The maximum atomic E-state index is 6.31. The molecule has 4 heteroatoms. The Labute approximate surface area is 161 Å². The first-order valence-corrected chi connectivity index (χ1v) is 9.79. The molecule has 25 heavy (non-hydrogen) atoms. The molecule has 0 spiro atoms. The monoisotopic (exact) mass is 376 g/mol. The van der Waals surface area contributed by atoms with Crippen molar-refractivity contribution < 1.29 is 0 Å². The van der Waals surface area contributed by atoms with Gasteiger partial charge in [0.05, 0.1) is 10.0 Å². The fourth-order valence-electron chi connectivity index (χ4n) is 3.50. The van der Waals surface area contributed by atoms with Crippen molar-refractivity contribution in [2.45, 2.75) is 32.9 Å². The van der Waals surface area contributed by atoms with E-state index in [1.165, 1.54) is 24.0 Å². The maximum Gasteiger partial charge on any atom is 0.0637 e. The first-order chi connectivity index (χ1) is 12.1. The topological polar surface area (TPSA) is 15.3 Å². The zero-order valence-corrected chi connectivity index (χ0v) is 16.3. The van der Waals surface area contributed by atoms with E-state index < -0.39 is 0 Å². The van der Waals surface area contributed by atoms with Crippen LogP contribution in [0.2, 0.25) is 10.0 Å². The molecule has 0 aromatic heterocycles. The average Bonchev–Trinajstić information content (AvgIpc) is 2.61. The summed E-state index contributed by atoms with van der Waals surface area (Å²) in [6.07, 6.45) is 2.47. The molecule has 2 nitrogen and oxygen atoms in total. The first kappa shape index (κ1) is 18.7. The Bertz CT molecular complexity index is 694. The van der Waals surface area contributed by atoms with E-state index >= 15 is 0 Å². The van der Waals surface area contributed by atoms with E-state index in [1.807, 2.05) is 12.1 Å². The van der Waals surface area contributed by atoms with Crippen molar-refractivity contribution in [2.75, 3.05) is 19.6 Å². The summed E-state index contributed by atoms with van der Waals surface area (Å²) in [6.45, 7) is 7.34. The zero-order valence-electron chi connectivity index (χ0n) is 14.8. The lowest BCUT2D eigenvalue weighted by atomic mass is 9.96. The van der Waals surface area contributed by atoms with Crippen LogP contribution in [0.4, 0.5) is 0 Å². The number of likely N-dealkylation sites (tertiary alicyclic amines) is 1. The highest BCUT2D eigenvalue weighted by Crippen LogP contribution is 2.27. The number of nitrogens with one attached hydrogen (secondary N) is 1. The molecule has 0 amide bonds. The minimum Gasteiger partial charge on any atom is -0.312 e. The second kappa shape index (κ2) is 9.05. The van der Waals surface area contributed by atoms with Gasteiger partial charge in [-0.15, -0.1) is 0 Å². The Kier molecular flexibility index (Phi) is 6.77. The lowest BCUT2D eigenvalue weighted by molar-refractivity contribution is 0.175. The van der Waals surface area contributed by atoms with Crippen molar-refractivity contribution in [1.82, 2.24) is 10.2 Å². The Balaban J connectivity index is 1.40. The predicted molar refractivity (Wildman–Crippen MR) is 107 cm³/mol. The molecule has 1 aliphatic heterocycles. The SMILES string of the molecule is Cc1cccc(CNCC2CCN(Cc3cccc(Cl)c3Cl)CC2)c1. The number of halogens is 2. The quantitative estimate of drug-likeness (QED) is 0.735. The number of piperidine rings is 1. The van der Waals surface area contributed by atoms with Crippen molar-refractivity contribution in [3.63, 3.8) is 0 Å². The van der Waals surface area contributed by atoms with Gasteiger partial charge in [0.25, 0.3) is 0 Å². The Morgan fingerprint density at radius 2 is 1.84 bits per heavy atom. The van der Waals surface area contributed by atoms with Gasteiger partial charge in [-0.05, 0) is 62.5 Å². The average molecular weight is 377 g/mol. The number of aryl methyl sites for hydroxylation is 1. The number of benzene rings is 2. The number of hydrogen-bond donors (Lipinski definition) is 1. The molecule has 2 aromatic rings. The highest BCUT2D eigenvalue weighted by Gasteiger charge is 2.19. The van der Waals surface area contributed by atoms with Crippen molar-refractivity contribution in [3.8, 4) is 0 Å². The van der Waals surface area contributed by atoms with E-state index in [4.69, 9.17) is 23.2 Å². The highest BCUT2D eigenvalue weighted by molar-refractivity contribution is 6.42. The lowest BCUT2D eigenvalue weighted by Crippen LogP contribution is -2.36. The van der Waals surface area contributed by atoms with Crippen LogP contribution < -0.4 is 5.32 Å². The van der Waals surface area contributed by atoms with Crippen molar-refractivity contribution in [1.29, 1.82) is 0 Å². The Morgan fingerprint density at radius 3 is 2.60 bits per heavy atom. The molecule has 1 fully saturated rings. The molecular weight excluding hydrogens is 351 g/mol. The summed E-state index contributed by atoms with van der Waals surface area (Å²) in [7, 11) is 0. The summed E-state index contributed by atoms with van der Waals surface area (Å²) in [6, 6.07) is 14.6. The molecule has 1 saturated heterocycles. The summed E-state index contributed by atoms with van der Waals surface area (Å²) in [5.41, 5.74) is 3.82. The third-order valence-electron chi connectivity index (χ3n) is 4.98. The molecule has 0 aliphatic carbocycles. The first-order valence-electron chi connectivity index (χ1n) is 9.03. The fraction of sp³-hybridized carbons (Fsp3) is 0.429. The van der Waals surface area contributed by atoms with Crippen LogP contribution in [0, 0.1) is 12.8 Å². The van der Waals surface area contributed by atoms with E-state index in [9.17, 15) is 0 Å². The Hall–Kier alpha value is -1.06. The lowest BCUT2D eigenvalue weighted by Gasteiger charge is -2.32. The van der Waals surface area contributed by atoms with E-state index in [-0.39, 0.29) is 0 Å². The maximum absolute atomic E-state index is 6.31. The number of nitrogens with zero attached hydrogens (tertiary/aromatic N) is 1. The molecule has 3 rings (SSSR count). The summed E-state index contributed by atoms with van der Waals surface area (Å²) in [5.74, 6) is 0.760. The molecule has 0 unspecified atom stereocenters. The molecule has 0 atom stereocenters. The van der Waals surface area contributed by atoms with Gasteiger partial charge in [0, 0.05) is 13.1 Å². The summed E-state index contributed by atoms with van der Waals surface area (Å²) < 4.78 is 0. The van der Waals surface area contributed by atoms with Gasteiger partial charge in [0.1, 0.15) is 0 Å². The second-order valence-electron chi connectivity index (χ2n) is 7.05. The molecule has 134 valence electrons. The normalized spacial score (nSPS) is 16.3. The second-order valence-corrected chi connectivity index (χ2v) is 7.84. The zero-order chi connectivity index (χ0) is 17.6. The Morgan fingerprint density at radius 1 is 1.08 bits per heavy atom. The van der Waals surface area contributed by atoms with Crippen molar-refractivity contribution in [2.24, 2.45) is 5.92 Å². The largest absolute Gasteiger partial charge is 0.312 e. The van der Waals surface area contributed by atoms with Gasteiger partial charge in [0.15, 0.2) is 0 Å². The smallest absolute Gasteiger partial charge is 0.0637 e. The standard InChI is InChI=1S/C21H26Cl2N2/c1-16-4-2-5-18(12-16)14-24-13-17-8-10-25(11-9-17)15-19-6-3-7-20(22)21(19)23/h2-7,12,17,24H,8-11,13-15H2,1H3. The van der Waals surface area contributed by atoms with Crippen LogP contribution in [0.3, 0.4) is 0 Å². The van der Waals surface area contributed by atoms with Gasteiger partial charge >= 0.3 is 0 Å². The van der Waals surface area contributed by atoms with Crippen LogP contribution in [0.1, 0.15) is 29.5 Å². The van der Waals surface area contributed by atoms with Crippen molar-refractivity contribution >= 4 is 23.2 Å². The van der Waals surface area contributed by atoms with E-state index in [0.29, 0.717) is 10.0 Å². The molecule has 2 aromatic carbocycles. The van der Waals surface area contributed by atoms with Crippen molar-refractivity contribution in [3.05, 3.63) is 69.2 Å². The van der Waals surface area contributed by atoms with E-state index in [0.717, 1.165) is 44.2 Å². The van der Waals surface area contributed by atoms with Crippen LogP contribution in [0.15, 0.2) is 42.5 Å². The summed E-state index contributed by atoms with van der Waals surface area (Å²) >= 11 is 12.4. The minimum atomic E-state index is 0.648. The van der Waals surface area contributed by atoms with Gasteiger partial charge in [-0.25, -0.2) is 0 Å². The van der Waals surface area contributed by atoms with Crippen LogP contribution in [-0.4, -0.2) is 24.5 Å². The van der Waals surface area contributed by atoms with Gasteiger partial charge in [0.2, 0.25) is 0 Å². The van der Waals surface area contributed by atoms with E-state index in [2.05, 4.69) is 47.5 Å². The summed E-state index contributed by atoms with van der Waals surface area (Å²) in [4.78, 5) is 2.48. The van der Waals surface area contributed by atoms with Crippen LogP contribution in [-0.2, 0) is 13.1 Å². The van der Waals surface area contributed by atoms with Gasteiger partial charge in [-0.3, -0.25) is 4.90 Å².